The number of amides is 1. The van der Waals surface area contributed by atoms with Gasteiger partial charge in [0.15, 0.2) is 0 Å². The number of rotatable bonds is 3. The summed E-state index contributed by atoms with van der Waals surface area (Å²) in [5.74, 6) is 1.39. The zero-order valence-electron chi connectivity index (χ0n) is 15.3. The highest BCUT2D eigenvalue weighted by atomic mass is 16.2. The van der Waals surface area contributed by atoms with E-state index in [0.29, 0.717) is 5.91 Å². The molecule has 2 aliphatic rings. The molecule has 2 saturated heterocycles. The van der Waals surface area contributed by atoms with Crippen molar-refractivity contribution >= 4 is 11.7 Å². The third kappa shape index (κ3) is 3.43. The molecule has 26 heavy (non-hydrogen) atoms. The van der Waals surface area contributed by atoms with Crippen molar-refractivity contribution in [1.82, 2.24) is 14.9 Å². The van der Waals surface area contributed by atoms with E-state index in [9.17, 15) is 4.79 Å². The largest absolute Gasteiger partial charge is 0.355 e. The van der Waals surface area contributed by atoms with Gasteiger partial charge in [0.05, 0.1) is 12.2 Å². The number of nitrogens with zero attached hydrogens (tertiary/aromatic N) is 4. The van der Waals surface area contributed by atoms with Gasteiger partial charge in [0.25, 0.3) is 0 Å². The van der Waals surface area contributed by atoms with Crippen LogP contribution in [0.5, 0.6) is 0 Å². The lowest BCUT2D eigenvalue weighted by atomic mass is 9.94. The van der Waals surface area contributed by atoms with Crippen LogP contribution in [0.2, 0.25) is 0 Å². The first-order valence-corrected chi connectivity index (χ1v) is 9.60. The van der Waals surface area contributed by atoms with Crippen LogP contribution in [-0.4, -0.2) is 40.4 Å². The molecule has 1 aromatic heterocycles. The van der Waals surface area contributed by atoms with Gasteiger partial charge in [0, 0.05) is 37.9 Å². The summed E-state index contributed by atoms with van der Waals surface area (Å²) in [4.78, 5) is 26.1. The maximum atomic E-state index is 13.2. The minimum Gasteiger partial charge on any atom is -0.355 e. The van der Waals surface area contributed by atoms with Gasteiger partial charge >= 0.3 is 0 Å². The van der Waals surface area contributed by atoms with Crippen molar-refractivity contribution < 1.29 is 4.79 Å². The number of anilines is 1. The van der Waals surface area contributed by atoms with Crippen molar-refractivity contribution in [3.05, 3.63) is 54.0 Å². The third-order valence-corrected chi connectivity index (χ3v) is 5.72. The zero-order valence-corrected chi connectivity index (χ0v) is 15.3. The van der Waals surface area contributed by atoms with E-state index in [1.807, 2.05) is 0 Å². The van der Waals surface area contributed by atoms with Crippen molar-refractivity contribution in [3.8, 4) is 0 Å². The van der Waals surface area contributed by atoms with Crippen LogP contribution < -0.4 is 4.90 Å². The fourth-order valence-electron chi connectivity index (χ4n) is 4.21. The lowest BCUT2D eigenvalue weighted by molar-refractivity contribution is -0.137. The molecule has 3 heterocycles. The number of carbonyl (C=O) groups excluding carboxylic acids is 1. The maximum Gasteiger partial charge on any atom is 0.226 e. The van der Waals surface area contributed by atoms with Crippen molar-refractivity contribution in [3.63, 3.8) is 0 Å². The van der Waals surface area contributed by atoms with E-state index in [2.05, 4.69) is 51.0 Å². The molecule has 2 fully saturated rings. The monoisotopic (exact) mass is 350 g/mol. The number of carbonyl (C=O) groups is 1. The lowest BCUT2D eigenvalue weighted by Crippen LogP contribution is -2.42. The van der Waals surface area contributed by atoms with Crippen molar-refractivity contribution in [2.75, 3.05) is 24.5 Å². The Morgan fingerprint density at radius 3 is 2.50 bits per heavy atom. The number of likely N-dealkylation sites (tertiary alicyclic amines) is 1. The van der Waals surface area contributed by atoms with Crippen LogP contribution in [0.25, 0.3) is 0 Å². The first-order chi connectivity index (χ1) is 12.7. The number of piperidine rings is 1. The summed E-state index contributed by atoms with van der Waals surface area (Å²) in [5, 5.41) is 0. The van der Waals surface area contributed by atoms with E-state index in [1.165, 1.54) is 11.1 Å². The van der Waals surface area contributed by atoms with E-state index >= 15 is 0 Å². The van der Waals surface area contributed by atoms with Crippen LogP contribution in [0.1, 0.15) is 42.9 Å². The fourth-order valence-corrected chi connectivity index (χ4v) is 4.21. The van der Waals surface area contributed by atoms with Gasteiger partial charge in [-0.1, -0.05) is 29.8 Å². The van der Waals surface area contributed by atoms with Gasteiger partial charge in [-0.2, -0.15) is 0 Å². The Labute approximate surface area is 155 Å². The quantitative estimate of drug-likeness (QED) is 0.852. The first kappa shape index (κ1) is 17.0. The molecule has 1 aromatic carbocycles. The van der Waals surface area contributed by atoms with Crippen LogP contribution >= 0.6 is 0 Å². The third-order valence-electron chi connectivity index (χ3n) is 5.72. The van der Waals surface area contributed by atoms with E-state index in [4.69, 9.17) is 0 Å². The summed E-state index contributed by atoms with van der Waals surface area (Å²) < 4.78 is 0. The normalized spacial score (nSPS) is 21.2. The number of aromatic nitrogens is 2. The molecule has 5 nitrogen and oxygen atoms in total. The van der Waals surface area contributed by atoms with Gasteiger partial charge in [-0.05, 0) is 38.2 Å². The van der Waals surface area contributed by atoms with Gasteiger partial charge < -0.3 is 9.80 Å². The van der Waals surface area contributed by atoms with Crippen LogP contribution in [0.3, 0.4) is 0 Å². The Balaban J connectivity index is 1.40. The Morgan fingerprint density at radius 2 is 1.81 bits per heavy atom. The summed E-state index contributed by atoms with van der Waals surface area (Å²) in [6.45, 7) is 4.74. The van der Waals surface area contributed by atoms with Crippen LogP contribution in [0, 0.1) is 12.8 Å². The van der Waals surface area contributed by atoms with E-state index in [1.54, 1.807) is 18.6 Å². The Bertz CT molecular complexity index is 738. The molecular weight excluding hydrogens is 324 g/mol. The van der Waals surface area contributed by atoms with Gasteiger partial charge in [-0.25, -0.2) is 4.98 Å². The van der Waals surface area contributed by atoms with Gasteiger partial charge in [-0.3, -0.25) is 9.78 Å². The summed E-state index contributed by atoms with van der Waals surface area (Å²) in [6.07, 6.45) is 9.19. The van der Waals surface area contributed by atoms with Crippen LogP contribution in [0.4, 0.5) is 5.82 Å². The smallest absolute Gasteiger partial charge is 0.226 e. The molecule has 4 rings (SSSR count). The Morgan fingerprint density at radius 1 is 1.04 bits per heavy atom. The van der Waals surface area contributed by atoms with E-state index < -0.39 is 0 Å². The highest BCUT2D eigenvalue weighted by Gasteiger charge is 2.35. The number of hydrogen-bond acceptors (Lipinski definition) is 4. The highest BCUT2D eigenvalue weighted by molar-refractivity contribution is 5.80. The molecule has 5 heteroatoms. The fraction of sp³-hybridized carbons (Fsp3) is 0.476. The molecule has 1 amide bonds. The molecule has 1 atom stereocenters. The van der Waals surface area contributed by atoms with Crippen molar-refractivity contribution in [2.45, 2.75) is 38.6 Å². The van der Waals surface area contributed by atoms with Crippen molar-refractivity contribution in [2.24, 2.45) is 5.92 Å². The minimum absolute atomic E-state index is 0.133. The minimum atomic E-state index is 0.133. The average molecular weight is 350 g/mol. The molecule has 2 aliphatic heterocycles. The zero-order chi connectivity index (χ0) is 17.9. The molecule has 136 valence electrons. The molecule has 1 unspecified atom stereocenters. The van der Waals surface area contributed by atoms with Crippen molar-refractivity contribution in [1.29, 1.82) is 0 Å². The summed E-state index contributed by atoms with van der Waals surface area (Å²) in [5.41, 5.74) is 2.54. The van der Waals surface area contributed by atoms with E-state index in [0.717, 1.165) is 51.1 Å². The first-order valence-electron chi connectivity index (χ1n) is 9.60. The summed E-state index contributed by atoms with van der Waals surface area (Å²) in [7, 11) is 0. The van der Waals surface area contributed by atoms with Crippen LogP contribution in [0.15, 0.2) is 42.9 Å². The molecule has 0 N–H and O–H groups in total. The highest BCUT2D eigenvalue weighted by Crippen LogP contribution is 2.35. The lowest BCUT2D eigenvalue weighted by Gasteiger charge is -2.35. The second-order valence-corrected chi connectivity index (χ2v) is 7.43. The predicted molar refractivity (Wildman–Crippen MR) is 102 cm³/mol. The van der Waals surface area contributed by atoms with Gasteiger partial charge in [0.2, 0.25) is 5.91 Å². The van der Waals surface area contributed by atoms with E-state index in [-0.39, 0.29) is 12.0 Å². The number of aryl methyl sites for hydroxylation is 1. The number of benzene rings is 1. The standard InChI is InChI=1S/C21H26N4O/c1-16-4-6-17(7-5-16)19-3-2-12-25(19)21(26)18-8-13-24(14-9-18)20-15-22-10-11-23-20/h4-7,10-11,15,18-19H,2-3,8-9,12-14H2,1H3. The number of hydrogen-bond donors (Lipinski definition) is 0. The molecule has 0 aliphatic carbocycles. The summed E-state index contributed by atoms with van der Waals surface area (Å²) in [6, 6.07) is 8.91. The molecule has 0 spiro atoms. The molecule has 0 bridgehead atoms. The molecule has 0 saturated carbocycles. The topological polar surface area (TPSA) is 49.3 Å². The molecule has 0 radical (unpaired) electrons. The van der Waals surface area contributed by atoms with Gasteiger partial charge in [0.1, 0.15) is 5.82 Å². The average Bonchev–Trinajstić information content (AvgIpc) is 3.19. The van der Waals surface area contributed by atoms with Gasteiger partial charge in [-0.15, -0.1) is 0 Å². The maximum absolute atomic E-state index is 13.2. The Hall–Kier alpha value is -2.43. The summed E-state index contributed by atoms with van der Waals surface area (Å²) >= 11 is 0. The molecular formula is C21H26N4O. The molecule has 2 aromatic rings. The second kappa shape index (κ2) is 7.44. The Kier molecular flexibility index (Phi) is 4.87. The SMILES string of the molecule is Cc1ccc(C2CCCN2C(=O)C2CCN(c3cnccn3)CC2)cc1. The van der Waals surface area contributed by atoms with Crippen LogP contribution in [-0.2, 0) is 4.79 Å². The second-order valence-electron chi connectivity index (χ2n) is 7.43. The predicted octanol–water partition coefficient (Wildman–Crippen LogP) is 3.37.